The second-order valence-corrected chi connectivity index (χ2v) is 9.23. The molecule has 3 aromatic rings. The number of esters is 1. The van der Waals surface area contributed by atoms with Crippen LogP contribution in [0.4, 0.5) is 9.18 Å². The highest BCUT2D eigenvalue weighted by Gasteiger charge is 2.32. The van der Waals surface area contributed by atoms with E-state index in [1.54, 1.807) is 74.5 Å². The number of halogens is 1. The zero-order valence-electron chi connectivity index (χ0n) is 23.8. The average Bonchev–Trinajstić information content (AvgIpc) is 3.00. The van der Waals surface area contributed by atoms with E-state index in [2.05, 4.69) is 21.2 Å². The van der Waals surface area contributed by atoms with Gasteiger partial charge in [0.05, 0.1) is 31.5 Å². The molecule has 11 nitrogen and oxygen atoms in total. The third kappa shape index (κ3) is 8.09. The Morgan fingerprint density at radius 3 is 2.53 bits per heavy atom. The monoisotopic (exact) mass is 590 g/mol. The summed E-state index contributed by atoms with van der Waals surface area (Å²) in [7, 11) is 1.43. The zero-order chi connectivity index (χ0) is 30.8. The predicted octanol–water partition coefficient (Wildman–Crippen LogP) is 4.13. The fraction of sp³-hybridized carbons (Fsp3) is 0.226. The highest BCUT2D eigenvalue weighted by molar-refractivity contribution is 5.95. The Balaban J connectivity index is 1.31. The molecule has 4 rings (SSSR count). The molecule has 0 fully saturated rings. The quantitative estimate of drug-likeness (QED) is 0.164. The van der Waals surface area contributed by atoms with Crippen LogP contribution in [0.5, 0.6) is 17.2 Å². The SMILES string of the molecule is CCOC(=O)C1=C(C)NC(=O)N[C@@H]1c1ccc(OCC(=O)N/N=C\c2ccc(OCc3ccccc3F)cc2)c(OC)c1. The topological polar surface area (TPSA) is 137 Å². The van der Waals surface area contributed by atoms with Gasteiger partial charge in [0.1, 0.15) is 18.2 Å². The van der Waals surface area contributed by atoms with Gasteiger partial charge < -0.3 is 29.6 Å². The fourth-order valence-corrected chi connectivity index (χ4v) is 4.19. The minimum absolute atomic E-state index is 0.101. The van der Waals surface area contributed by atoms with Crippen LogP contribution >= 0.6 is 0 Å². The molecule has 12 heteroatoms. The van der Waals surface area contributed by atoms with Crippen molar-refractivity contribution in [3.05, 3.63) is 101 Å². The average molecular weight is 591 g/mol. The summed E-state index contributed by atoms with van der Waals surface area (Å²) in [5.41, 5.74) is 4.75. The van der Waals surface area contributed by atoms with Crippen molar-refractivity contribution in [3.63, 3.8) is 0 Å². The molecule has 0 spiro atoms. The second kappa shape index (κ2) is 14.5. The molecular weight excluding hydrogens is 559 g/mol. The molecular formula is C31H31FN4O7. The molecule has 3 aromatic carbocycles. The molecule has 0 saturated heterocycles. The minimum Gasteiger partial charge on any atom is -0.493 e. The van der Waals surface area contributed by atoms with Gasteiger partial charge in [-0.05, 0) is 67.4 Å². The van der Waals surface area contributed by atoms with E-state index in [0.29, 0.717) is 33.9 Å². The summed E-state index contributed by atoms with van der Waals surface area (Å²) >= 11 is 0. The lowest BCUT2D eigenvalue weighted by Gasteiger charge is -2.28. The molecule has 1 aliphatic rings. The van der Waals surface area contributed by atoms with E-state index in [-0.39, 0.29) is 37.0 Å². The molecule has 1 aliphatic heterocycles. The van der Waals surface area contributed by atoms with Crippen LogP contribution < -0.4 is 30.3 Å². The van der Waals surface area contributed by atoms with Crippen molar-refractivity contribution in [2.24, 2.45) is 5.10 Å². The number of hydrogen-bond donors (Lipinski definition) is 3. The van der Waals surface area contributed by atoms with Crippen LogP contribution in [0, 0.1) is 5.82 Å². The van der Waals surface area contributed by atoms with Crippen molar-refractivity contribution in [1.29, 1.82) is 0 Å². The Morgan fingerprint density at radius 2 is 1.81 bits per heavy atom. The molecule has 0 unspecified atom stereocenters. The molecule has 43 heavy (non-hydrogen) atoms. The lowest BCUT2D eigenvalue weighted by atomic mass is 9.95. The largest absolute Gasteiger partial charge is 0.493 e. The normalized spacial score (nSPS) is 14.5. The Labute approximate surface area is 247 Å². The summed E-state index contributed by atoms with van der Waals surface area (Å²) in [6.45, 7) is 3.24. The number of carbonyl (C=O) groups is 3. The Kier molecular flexibility index (Phi) is 10.3. The van der Waals surface area contributed by atoms with Gasteiger partial charge in [0.25, 0.3) is 5.91 Å². The van der Waals surface area contributed by atoms with E-state index in [4.69, 9.17) is 18.9 Å². The van der Waals surface area contributed by atoms with Crippen LogP contribution in [0.1, 0.15) is 36.6 Å². The van der Waals surface area contributed by atoms with Gasteiger partial charge in [-0.2, -0.15) is 5.10 Å². The Hall–Kier alpha value is -5.39. The van der Waals surface area contributed by atoms with E-state index in [1.807, 2.05) is 0 Å². The molecule has 3 N–H and O–H groups in total. The van der Waals surface area contributed by atoms with Crippen molar-refractivity contribution in [1.82, 2.24) is 16.1 Å². The van der Waals surface area contributed by atoms with E-state index < -0.39 is 23.9 Å². The van der Waals surface area contributed by atoms with Crippen molar-refractivity contribution in [2.75, 3.05) is 20.3 Å². The minimum atomic E-state index is -0.777. The molecule has 3 amide bonds. The lowest BCUT2D eigenvalue weighted by molar-refractivity contribution is -0.139. The molecule has 0 aromatic heterocycles. The van der Waals surface area contributed by atoms with Crippen molar-refractivity contribution in [2.45, 2.75) is 26.5 Å². The van der Waals surface area contributed by atoms with E-state index >= 15 is 0 Å². The lowest BCUT2D eigenvalue weighted by Crippen LogP contribution is -2.45. The first-order valence-corrected chi connectivity index (χ1v) is 13.3. The summed E-state index contributed by atoms with van der Waals surface area (Å²) in [6, 6.07) is 16.9. The number of ether oxygens (including phenoxy) is 4. The summed E-state index contributed by atoms with van der Waals surface area (Å²) in [5, 5.41) is 9.24. The van der Waals surface area contributed by atoms with Crippen molar-refractivity contribution < 1.29 is 37.7 Å². The zero-order valence-corrected chi connectivity index (χ0v) is 23.8. The van der Waals surface area contributed by atoms with Crippen LogP contribution in [0.25, 0.3) is 0 Å². The highest BCUT2D eigenvalue weighted by Crippen LogP contribution is 2.34. The summed E-state index contributed by atoms with van der Waals surface area (Å²) in [4.78, 5) is 37.0. The predicted molar refractivity (Wildman–Crippen MR) is 155 cm³/mol. The van der Waals surface area contributed by atoms with Crippen LogP contribution in [0.2, 0.25) is 0 Å². The van der Waals surface area contributed by atoms with Gasteiger partial charge in [-0.3, -0.25) is 4.79 Å². The maximum Gasteiger partial charge on any atom is 0.338 e. The Bertz CT molecular complexity index is 1540. The molecule has 1 heterocycles. The van der Waals surface area contributed by atoms with Gasteiger partial charge in [-0.25, -0.2) is 19.4 Å². The number of nitrogens with one attached hydrogen (secondary N) is 3. The van der Waals surface area contributed by atoms with Gasteiger partial charge in [-0.15, -0.1) is 0 Å². The van der Waals surface area contributed by atoms with E-state index in [9.17, 15) is 18.8 Å². The Morgan fingerprint density at radius 1 is 1.05 bits per heavy atom. The summed E-state index contributed by atoms with van der Waals surface area (Å²) in [6.07, 6.45) is 1.46. The number of urea groups is 1. The van der Waals surface area contributed by atoms with Crippen LogP contribution in [0.3, 0.4) is 0 Å². The third-order valence-corrected chi connectivity index (χ3v) is 6.28. The standard InChI is InChI=1S/C31H31FN4O7/c1-4-41-30(38)28-19(2)34-31(39)35-29(28)21-11-14-25(26(15-21)40-3)43-18-27(37)36-33-16-20-9-12-23(13-10-20)42-17-22-7-5-6-8-24(22)32/h5-16,29H,4,17-18H2,1-3H3,(H,36,37)(H2,34,35,39)/b33-16-/t29-/m1/s1. The van der Waals surface area contributed by atoms with Crippen LogP contribution in [-0.2, 0) is 20.9 Å². The maximum absolute atomic E-state index is 13.7. The molecule has 0 saturated carbocycles. The first kappa shape index (κ1) is 30.6. The molecule has 0 radical (unpaired) electrons. The number of amides is 3. The number of methoxy groups -OCH3 is 1. The number of rotatable bonds is 12. The fourth-order valence-electron chi connectivity index (χ4n) is 4.19. The van der Waals surface area contributed by atoms with Gasteiger partial charge in [0.2, 0.25) is 0 Å². The van der Waals surface area contributed by atoms with Gasteiger partial charge in [0, 0.05) is 11.3 Å². The molecule has 0 bridgehead atoms. The number of benzene rings is 3. The maximum atomic E-state index is 13.7. The van der Waals surface area contributed by atoms with Gasteiger partial charge in [0.15, 0.2) is 18.1 Å². The second-order valence-electron chi connectivity index (χ2n) is 9.23. The summed E-state index contributed by atoms with van der Waals surface area (Å²) in [5.74, 6) is -0.275. The summed E-state index contributed by atoms with van der Waals surface area (Å²) < 4.78 is 35.6. The number of carbonyl (C=O) groups excluding carboxylic acids is 3. The van der Waals surface area contributed by atoms with Crippen LogP contribution in [0.15, 0.2) is 83.1 Å². The van der Waals surface area contributed by atoms with Crippen molar-refractivity contribution in [3.8, 4) is 17.2 Å². The first-order chi connectivity index (χ1) is 20.8. The first-order valence-electron chi connectivity index (χ1n) is 13.3. The van der Waals surface area contributed by atoms with E-state index in [1.165, 1.54) is 19.4 Å². The molecule has 224 valence electrons. The number of hydrazone groups is 1. The van der Waals surface area contributed by atoms with Crippen molar-refractivity contribution >= 4 is 24.1 Å². The third-order valence-electron chi connectivity index (χ3n) is 6.28. The van der Waals surface area contributed by atoms with Gasteiger partial charge >= 0.3 is 12.0 Å². The number of nitrogens with zero attached hydrogens (tertiary/aromatic N) is 1. The number of allylic oxidation sites excluding steroid dienone is 1. The molecule has 1 atom stereocenters. The smallest absolute Gasteiger partial charge is 0.338 e. The molecule has 0 aliphatic carbocycles. The number of hydrogen-bond acceptors (Lipinski definition) is 8. The van der Waals surface area contributed by atoms with E-state index in [0.717, 1.165) is 0 Å². The van der Waals surface area contributed by atoms with Crippen LogP contribution in [-0.4, -0.2) is 44.4 Å². The highest BCUT2D eigenvalue weighted by atomic mass is 19.1. The van der Waals surface area contributed by atoms with Gasteiger partial charge in [-0.1, -0.05) is 24.3 Å².